The molecule has 2 fully saturated rings. The van der Waals surface area contributed by atoms with Crippen molar-refractivity contribution < 1.29 is 0 Å². The first kappa shape index (κ1) is 10.4. The number of rotatable bonds is 2. The predicted molar refractivity (Wildman–Crippen MR) is 59.5 cm³/mol. The predicted octanol–water partition coefficient (Wildman–Crippen LogP) is 0.230. The molecule has 2 aliphatic heterocycles. The fourth-order valence-electron chi connectivity index (χ4n) is 2.76. The van der Waals surface area contributed by atoms with Gasteiger partial charge in [-0.15, -0.1) is 0 Å². The number of likely N-dealkylation sites (N-methyl/N-ethyl adjacent to an activating group) is 1. The van der Waals surface area contributed by atoms with E-state index in [4.69, 9.17) is 0 Å². The zero-order chi connectivity index (χ0) is 10.1. The molecule has 0 radical (unpaired) electrons. The van der Waals surface area contributed by atoms with E-state index in [1.807, 2.05) is 0 Å². The molecule has 0 aromatic rings. The second-order valence-electron chi connectivity index (χ2n) is 5.14. The van der Waals surface area contributed by atoms with Gasteiger partial charge < -0.3 is 10.2 Å². The molecule has 2 heterocycles. The Morgan fingerprint density at radius 3 is 2.14 bits per heavy atom. The number of hydrogen-bond acceptors (Lipinski definition) is 3. The Bertz CT molecular complexity index is 179. The average molecular weight is 197 g/mol. The molecule has 3 nitrogen and oxygen atoms in total. The molecule has 2 aliphatic rings. The van der Waals surface area contributed by atoms with Crippen molar-refractivity contribution in [3.8, 4) is 0 Å². The van der Waals surface area contributed by atoms with Crippen molar-refractivity contribution in [2.75, 3.05) is 39.8 Å². The zero-order valence-corrected chi connectivity index (χ0v) is 9.66. The third-order valence-corrected chi connectivity index (χ3v) is 3.62. The Balaban J connectivity index is 1.87. The summed E-state index contributed by atoms with van der Waals surface area (Å²) >= 11 is 0. The van der Waals surface area contributed by atoms with Gasteiger partial charge in [-0.1, -0.05) is 0 Å². The first-order chi connectivity index (χ1) is 6.66. The lowest BCUT2D eigenvalue weighted by Gasteiger charge is -2.46. The maximum Gasteiger partial charge on any atom is 0.0198 e. The van der Waals surface area contributed by atoms with Gasteiger partial charge in [-0.05, 0) is 26.8 Å². The van der Waals surface area contributed by atoms with Gasteiger partial charge in [0.15, 0.2) is 0 Å². The Morgan fingerprint density at radius 1 is 1.14 bits per heavy atom. The van der Waals surface area contributed by atoms with E-state index < -0.39 is 0 Å². The summed E-state index contributed by atoms with van der Waals surface area (Å²) in [6, 6.07) is 1.45. The fourth-order valence-corrected chi connectivity index (χ4v) is 2.76. The minimum absolute atomic E-state index is 0.726. The van der Waals surface area contributed by atoms with Crippen molar-refractivity contribution in [1.29, 1.82) is 0 Å². The molecule has 0 saturated carbocycles. The summed E-state index contributed by atoms with van der Waals surface area (Å²) in [5.74, 6) is 0.906. The summed E-state index contributed by atoms with van der Waals surface area (Å²) in [7, 11) is 2.23. The van der Waals surface area contributed by atoms with Crippen LogP contribution in [0.4, 0.5) is 0 Å². The van der Waals surface area contributed by atoms with Crippen LogP contribution in [0.5, 0.6) is 0 Å². The molecule has 2 unspecified atom stereocenters. The first-order valence-corrected chi connectivity index (χ1v) is 5.82. The molecule has 0 spiro atoms. The minimum atomic E-state index is 0.726. The minimum Gasteiger partial charge on any atom is -0.316 e. The maximum absolute atomic E-state index is 3.35. The van der Waals surface area contributed by atoms with Gasteiger partial charge in [0.2, 0.25) is 0 Å². The highest BCUT2D eigenvalue weighted by molar-refractivity contribution is 4.87. The second kappa shape index (κ2) is 4.17. The molecule has 82 valence electrons. The fraction of sp³-hybridized carbons (Fsp3) is 1.00. The molecular weight excluding hydrogens is 174 g/mol. The van der Waals surface area contributed by atoms with Crippen molar-refractivity contribution in [1.82, 2.24) is 15.1 Å². The SMILES string of the molecule is CC1CN(C)CC(C)N1CC1CNC1. The number of nitrogens with zero attached hydrogens (tertiary/aromatic N) is 2. The van der Waals surface area contributed by atoms with Crippen molar-refractivity contribution in [3.05, 3.63) is 0 Å². The van der Waals surface area contributed by atoms with Crippen LogP contribution in [0, 0.1) is 5.92 Å². The van der Waals surface area contributed by atoms with Crippen molar-refractivity contribution in [2.45, 2.75) is 25.9 Å². The lowest BCUT2D eigenvalue weighted by Crippen LogP contribution is -2.59. The summed E-state index contributed by atoms with van der Waals surface area (Å²) < 4.78 is 0. The molecule has 0 amide bonds. The molecule has 0 aromatic heterocycles. The van der Waals surface area contributed by atoms with Crippen LogP contribution < -0.4 is 5.32 Å². The Labute approximate surface area is 87.4 Å². The van der Waals surface area contributed by atoms with E-state index >= 15 is 0 Å². The van der Waals surface area contributed by atoms with E-state index in [1.165, 1.54) is 32.7 Å². The van der Waals surface area contributed by atoms with Crippen LogP contribution >= 0.6 is 0 Å². The van der Waals surface area contributed by atoms with Gasteiger partial charge in [-0.25, -0.2) is 0 Å². The second-order valence-corrected chi connectivity index (χ2v) is 5.14. The number of hydrogen-bond donors (Lipinski definition) is 1. The molecule has 14 heavy (non-hydrogen) atoms. The van der Waals surface area contributed by atoms with Gasteiger partial charge in [-0.3, -0.25) is 4.90 Å². The smallest absolute Gasteiger partial charge is 0.0198 e. The quantitative estimate of drug-likeness (QED) is 0.684. The van der Waals surface area contributed by atoms with E-state index in [0.717, 1.165) is 18.0 Å². The third-order valence-electron chi connectivity index (χ3n) is 3.62. The summed E-state index contributed by atoms with van der Waals surface area (Å²) in [4.78, 5) is 5.14. The maximum atomic E-state index is 3.35. The van der Waals surface area contributed by atoms with Crippen LogP contribution in [0.25, 0.3) is 0 Å². The van der Waals surface area contributed by atoms with E-state index in [0.29, 0.717) is 0 Å². The highest BCUT2D eigenvalue weighted by atomic mass is 15.3. The Morgan fingerprint density at radius 2 is 1.71 bits per heavy atom. The van der Waals surface area contributed by atoms with Crippen LogP contribution in [-0.4, -0.2) is 61.7 Å². The normalized spacial score (nSPS) is 37.1. The summed E-state index contributed by atoms with van der Waals surface area (Å²) in [5, 5.41) is 3.35. The van der Waals surface area contributed by atoms with Crippen LogP contribution in [-0.2, 0) is 0 Å². The largest absolute Gasteiger partial charge is 0.316 e. The van der Waals surface area contributed by atoms with Crippen molar-refractivity contribution in [2.24, 2.45) is 5.92 Å². The van der Waals surface area contributed by atoms with Crippen LogP contribution in [0.2, 0.25) is 0 Å². The molecule has 1 N–H and O–H groups in total. The van der Waals surface area contributed by atoms with E-state index in [2.05, 4.69) is 36.0 Å². The third kappa shape index (κ3) is 2.10. The standard InChI is InChI=1S/C11H23N3/c1-9-6-13(3)7-10(2)14(9)8-11-4-12-5-11/h9-12H,4-8H2,1-3H3. The number of nitrogens with one attached hydrogen (secondary N) is 1. The summed E-state index contributed by atoms with van der Waals surface area (Å²) in [6.07, 6.45) is 0. The van der Waals surface area contributed by atoms with E-state index in [-0.39, 0.29) is 0 Å². The van der Waals surface area contributed by atoms with Crippen molar-refractivity contribution in [3.63, 3.8) is 0 Å². The van der Waals surface area contributed by atoms with Gasteiger partial charge in [0.1, 0.15) is 0 Å². The van der Waals surface area contributed by atoms with Crippen LogP contribution in [0.15, 0.2) is 0 Å². The van der Waals surface area contributed by atoms with Crippen LogP contribution in [0.3, 0.4) is 0 Å². The van der Waals surface area contributed by atoms with Crippen LogP contribution in [0.1, 0.15) is 13.8 Å². The highest BCUT2D eigenvalue weighted by Gasteiger charge is 2.30. The summed E-state index contributed by atoms with van der Waals surface area (Å²) in [6.45, 7) is 10.9. The Hall–Kier alpha value is -0.120. The lowest BCUT2D eigenvalue weighted by molar-refractivity contribution is 0.0322. The van der Waals surface area contributed by atoms with Gasteiger partial charge in [0.25, 0.3) is 0 Å². The van der Waals surface area contributed by atoms with Gasteiger partial charge in [-0.2, -0.15) is 0 Å². The first-order valence-electron chi connectivity index (χ1n) is 5.82. The average Bonchev–Trinajstić information content (AvgIpc) is 1.98. The van der Waals surface area contributed by atoms with E-state index in [9.17, 15) is 0 Å². The molecule has 0 bridgehead atoms. The van der Waals surface area contributed by atoms with Crippen molar-refractivity contribution >= 4 is 0 Å². The molecule has 0 aliphatic carbocycles. The molecule has 3 heteroatoms. The molecule has 2 atom stereocenters. The molecule has 2 rings (SSSR count). The molecule has 2 saturated heterocycles. The molecular formula is C11H23N3. The van der Waals surface area contributed by atoms with Gasteiger partial charge >= 0.3 is 0 Å². The number of piperazine rings is 1. The highest BCUT2D eigenvalue weighted by Crippen LogP contribution is 2.17. The van der Waals surface area contributed by atoms with Gasteiger partial charge in [0, 0.05) is 44.8 Å². The summed E-state index contributed by atoms with van der Waals surface area (Å²) in [5.41, 5.74) is 0. The topological polar surface area (TPSA) is 18.5 Å². The van der Waals surface area contributed by atoms with E-state index in [1.54, 1.807) is 0 Å². The molecule has 0 aromatic carbocycles. The monoisotopic (exact) mass is 197 g/mol. The lowest BCUT2D eigenvalue weighted by atomic mass is 9.99. The van der Waals surface area contributed by atoms with Gasteiger partial charge in [0.05, 0.1) is 0 Å². The Kier molecular flexibility index (Phi) is 3.10. The zero-order valence-electron chi connectivity index (χ0n) is 9.66.